The van der Waals surface area contributed by atoms with Gasteiger partial charge in [-0.15, -0.1) is 0 Å². The Morgan fingerprint density at radius 1 is 1.00 bits per heavy atom. The fourth-order valence-electron chi connectivity index (χ4n) is 2.52. The molecule has 2 aromatic rings. The first-order valence-corrected chi connectivity index (χ1v) is 10.0. The molecule has 0 fully saturated rings. The standard InChI is InChI=1S/C20H23NO4S/c1-3-4-6-16-9-11-17(12-10-16)13-20(23)21-26(24,25)19-8-5-7-18(14-19)15(2)22/h5,7-12,14H,3-4,6,13H2,1-2H3,(H,21,23). The first-order chi connectivity index (χ1) is 12.3. The van der Waals surface area contributed by atoms with Crippen LogP contribution in [0.5, 0.6) is 0 Å². The van der Waals surface area contributed by atoms with Crippen LogP contribution in [0.3, 0.4) is 0 Å². The van der Waals surface area contributed by atoms with E-state index in [2.05, 4.69) is 11.6 Å². The van der Waals surface area contributed by atoms with Crippen molar-refractivity contribution in [3.05, 3.63) is 65.2 Å². The molecule has 2 rings (SSSR count). The van der Waals surface area contributed by atoms with Gasteiger partial charge in [0.2, 0.25) is 5.91 Å². The number of carbonyl (C=O) groups is 2. The summed E-state index contributed by atoms with van der Waals surface area (Å²) in [5.74, 6) is -0.851. The molecule has 0 aliphatic rings. The first-order valence-electron chi connectivity index (χ1n) is 8.56. The second-order valence-electron chi connectivity index (χ2n) is 6.21. The molecule has 6 heteroatoms. The van der Waals surface area contributed by atoms with Gasteiger partial charge in [0, 0.05) is 5.56 Å². The number of hydrogen-bond donors (Lipinski definition) is 1. The topological polar surface area (TPSA) is 80.3 Å². The van der Waals surface area contributed by atoms with Crippen molar-refractivity contribution in [2.75, 3.05) is 0 Å². The molecule has 0 spiro atoms. The van der Waals surface area contributed by atoms with E-state index in [0.29, 0.717) is 0 Å². The molecule has 0 unspecified atom stereocenters. The number of rotatable bonds is 8. The Morgan fingerprint density at radius 2 is 1.65 bits per heavy atom. The quantitative estimate of drug-likeness (QED) is 0.720. The van der Waals surface area contributed by atoms with Gasteiger partial charge in [-0.05, 0) is 43.0 Å². The van der Waals surface area contributed by atoms with Crippen LogP contribution in [0.4, 0.5) is 0 Å². The normalized spacial score (nSPS) is 11.2. The Hall–Kier alpha value is -2.47. The Bertz CT molecular complexity index is 886. The summed E-state index contributed by atoms with van der Waals surface area (Å²) in [4.78, 5) is 23.4. The number of sulfonamides is 1. The summed E-state index contributed by atoms with van der Waals surface area (Å²) in [5.41, 5.74) is 2.23. The van der Waals surface area contributed by atoms with Crippen molar-refractivity contribution >= 4 is 21.7 Å². The molecule has 1 N–H and O–H groups in total. The van der Waals surface area contributed by atoms with Gasteiger partial charge in [0.05, 0.1) is 11.3 Å². The minimum absolute atomic E-state index is 0.0281. The molecule has 1 amide bonds. The maximum Gasteiger partial charge on any atom is 0.264 e. The molecule has 0 heterocycles. The van der Waals surface area contributed by atoms with E-state index >= 15 is 0 Å². The van der Waals surface area contributed by atoms with E-state index in [4.69, 9.17) is 0 Å². The molecule has 0 aromatic heterocycles. The van der Waals surface area contributed by atoms with E-state index in [1.165, 1.54) is 36.8 Å². The zero-order valence-corrected chi connectivity index (χ0v) is 15.8. The van der Waals surface area contributed by atoms with E-state index in [1.807, 2.05) is 24.3 Å². The van der Waals surface area contributed by atoms with Crippen LogP contribution >= 0.6 is 0 Å². The van der Waals surface area contributed by atoms with Crippen molar-refractivity contribution in [3.63, 3.8) is 0 Å². The number of carbonyl (C=O) groups excluding carboxylic acids is 2. The van der Waals surface area contributed by atoms with Gasteiger partial charge in [0.15, 0.2) is 5.78 Å². The molecule has 26 heavy (non-hydrogen) atoms. The highest BCUT2D eigenvalue weighted by Crippen LogP contribution is 2.13. The number of nitrogens with one attached hydrogen (secondary N) is 1. The Labute approximate surface area is 154 Å². The van der Waals surface area contributed by atoms with E-state index < -0.39 is 15.9 Å². The molecule has 0 saturated carbocycles. The fourth-order valence-corrected chi connectivity index (χ4v) is 3.55. The lowest BCUT2D eigenvalue weighted by Gasteiger charge is -2.08. The first kappa shape index (κ1) is 19.8. The van der Waals surface area contributed by atoms with Gasteiger partial charge in [-0.3, -0.25) is 9.59 Å². The van der Waals surface area contributed by atoms with Gasteiger partial charge >= 0.3 is 0 Å². The highest BCUT2D eigenvalue weighted by Gasteiger charge is 2.18. The van der Waals surface area contributed by atoms with Crippen LogP contribution in [-0.2, 0) is 27.7 Å². The SMILES string of the molecule is CCCCc1ccc(CC(=O)NS(=O)(=O)c2cccc(C(C)=O)c2)cc1. The predicted octanol–water partition coefficient (Wildman–Crippen LogP) is 3.28. The van der Waals surface area contributed by atoms with Crippen LogP contribution in [0.2, 0.25) is 0 Å². The molecule has 0 radical (unpaired) electrons. The number of aryl methyl sites for hydroxylation is 1. The highest BCUT2D eigenvalue weighted by molar-refractivity contribution is 7.90. The summed E-state index contributed by atoms with van der Waals surface area (Å²) in [7, 11) is -4.01. The number of benzene rings is 2. The number of amides is 1. The third-order valence-electron chi connectivity index (χ3n) is 4.01. The van der Waals surface area contributed by atoms with E-state index in [-0.39, 0.29) is 22.7 Å². The summed E-state index contributed by atoms with van der Waals surface area (Å²) in [6.45, 7) is 3.49. The fraction of sp³-hybridized carbons (Fsp3) is 0.300. The summed E-state index contributed by atoms with van der Waals surface area (Å²) in [6, 6.07) is 13.2. The molecule has 0 aliphatic carbocycles. The minimum Gasteiger partial charge on any atom is -0.295 e. The molecule has 5 nitrogen and oxygen atoms in total. The summed E-state index contributed by atoms with van der Waals surface area (Å²) >= 11 is 0. The number of Topliss-reactive ketones (excluding diaryl/α,β-unsaturated/α-hetero) is 1. The van der Waals surface area contributed by atoms with Crippen LogP contribution in [0.1, 0.15) is 48.2 Å². The van der Waals surface area contributed by atoms with Crippen LogP contribution in [-0.4, -0.2) is 20.1 Å². The van der Waals surface area contributed by atoms with Crippen LogP contribution < -0.4 is 4.72 Å². The van der Waals surface area contributed by atoms with Crippen LogP contribution in [0.15, 0.2) is 53.4 Å². The third kappa shape index (κ3) is 5.52. The van der Waals surface area contributed by atoms with Gasteiger partial charge in [-0.1, -0.05) is 49.7 Å². The van der Waals surface area contributed by atoms with Gasteiger partial charge in [0.1, 0.15) is 0 Å². The van der Waals surface area contributed by atoms with E-state index in [1.54, 1.807) is 0 Å². The van der Waals surface area contributed by atoms with Crippen LogP contribution in [0, 0.1) is 0 Å². The lowest BCUT2D eigenvalue weighted by atomic mass is 10.0. The lowest BCUT2D eigenvalue weighted by Crippen LogP contribution is -2.31. The van der Waals surface area contributed by atoms with Crippen LogP contribution in [0.25, 0.3) is 0 Å². The third-order valence-corrected chi connectivity index (χ3v) is 5.38. The van der Waals surface area contributed by atoms with Crippen molar-refractivity contribution in [2.24, 2.45) is 0 Å². The second kappa shape index (κ2) is 8.76. The van der Waals surface area contributed by atoms with Gasteiger partial charge < -0.3 is 0 Å². The number of ketones is 1. The van der Waals surface area contributed by atoms with Crippen molar-refractivity contribution < 1.29 is 18.0 Å². The summed E-state index contributed by atoms with van der Waals surface area (Å²) in [5, 5.41) is 0. The molecule has 2 aromatic carbocycles. The molecule has 0 aliphatic heterocycles. The monoisotopic (exact) mass is 373 g/mol. The van der Waals surface area contributed by atoms with Crippen molar-refractivity contribution in [1.82, 2.24) is 4.72 Å². The molecule has 0 atom stereocenters. The van der Waals surface area contributed by atoms with E-state index in [9.17, 15) is 18.0 Å². The van der Waals surface area contributed by atoms with Gasteiger partial charge in [-0.2, -0.15) is 0 Å². The maximum absolute atomic E-state index is 12.3. The predicted molar refractivity (Wildman–Crippen MR) is 101 cm³/mol. The zero-order chi connectivity index (χ0) is 19.2. The average molecular weight is 373 g/mol. The van der Waals surface area contributed by atoms with Crippen molar-refractivity contribution in [1.29, 1.82) is 0 Å². The highest BCUT2D eigenvalue weighted by atomic mass is 32.2. The zero-order valence-electron chi connectivity index (χ0n) is 15.0. The summed E-state index contributed by atoms with van der Waals surface area (Å²) in [6.07, 6.45) is 3.19. The van der Waals surface area contributed by atoms with Gasteiger partial charge in [-0.25, -0.2) is 13.1 Å². The number of hydrogen-bond acceptors (Lipinski definition) is 4. The van der Waals surface area contributed by atoms with E-state index in [0.717, 1.165) is 24.8 Å². The molecule has 138 valence electrons. The Balaban J connectivity index is 2.04. The maximum atomic E-state index is 12.3. The Kier molecular flexibility index (Phi) is 6.69. The molecule has 0 saturated heterocycles. The number of unbranched alkanes of at least 4 members (excludes halogenated alkanes) is 1. The minimum atomic E-state index is -4.01. The molecular weight excluding hydrogens is 350 g/mol. The Morgan fingerprint density at radius 3 is 2.27 bits per heavy atom. The largest absolute Gasteiger partial charge is 0.295 e. The molecule has 0 bridgehead atoms. The summed E-state index contributed by atoms with van der Waals surface area (Å²) < 4.78 is 26.7. The van der Waals surface area contributed by atoms with Gasteiger partial charge in [0.25, 0.3) is 10.0 Å². The van der Waals surface area contributed by atoms with Crippen molar-refractivity contribution in [3.8, 4) is 0 Å². The average Bonchev–Trinajstić information content (AvgIpc) is 2.60. The molecular formula is C20H23NO4S. The van der Waals surface area contributed by atoms with Crippen molar-refractivity contribution in [2.45, 2.75) is 44.4 Å². The lowest BCUT2D eigenvalue weighted by molar-refractivity contribution is -0.118. The smallest absolute Gasteiger partial charge is 0.264 e. The second-order valence-corrected chi connectivity index (χ2v) is 7.89.